The van der Waals surface area contributed by atoms with Crippen molar-refractivity contribution in [3.05, 3.63) is 52.2 Å². The van der Waals surface area contributed by atoms with E-state index in [2.05, 4.69) is 4.98 Å². The van der Waals surface area contributed by atoms with Crippen LogP contribution in [0.3, 0.4) is 0 Å². The predicted octanol–water partition coefficient (Wildman–Crippen LogP) is 3.57. The van der Waals surface area contributed by atoms with Gasteiger partial charge < -0.3 is 18.6 Å². The molecule has 0 spiro atoms. The van der Waals surface area contributed by atoms with Crippen molar-refractivity contribution in [1.29, 1.82) is 0 Å². The van der Waals surface area contributed by atoms with E-state index in [1.54, 1.807) is 0 Å². The highest BCUT2D eigenvalue weighted by molar-refractivity contribution is 7.86. The third-order valence-electron chi connectivity index (χ3n) is 4.20. The highest BCUT2D eigenvalue weighted by Gasteiger charge is 2.35. The molecule has 0 aliphatic rings. The van der Waals surface area contributed by atoms with Gasteiger partial charge in [0.25, 0.3) is 0 Å². The molecule has 0 aliphatic heterocycles. The van der Waals surface area contributed by atoms with Gasteiger partial charge in [-0.05, 0) is 12.1 Å². The summed E-state index contributed by atoms with van der Waals surface area (Å²) in [6.45, 7) is 0. The van der Waals surface area contributed by atoms with Gasteiger partial charge in [0.15, 0.2) is 11.5 Å². The van der Waals surface area contributed by atoms with Gasteiger partial charge in [0.1, 0.15) is 0 Å². The zero-order chi connectivity index (χ0) is 22.3. The maximum atomic E-state index is 13.5. The normalized spacial score (nSPS) is 12.1. The zero-order valence-corrected chi connectivity index (χ0v) is 16.8. The molecule has 0 unspecified atom stereocenters. The molecule has 0 radical (unpaired) electrons. The molecule has 3 rings (SSSR count). The van der Waals surface area contributed by atoms with Gasteiger partial charge in [-0.15, -0.1) is 0 Å². The molecule has 0 saturated heterocycles. The molecule has 7 nitrogen and oxygen atoms in total. The molecule has 0 atom stereocenters. The van der Waals surface area contributed by atoms with Gasteiger partial charge in [0.2, 0.25) is 11.2 Å². The Hall–Kier alpha value is -3.21. The summed E-state index contributed by atoms with van der Waals surface area (Å²) in [4.78, 5) is 15.7. The minimum atomic E-state index is -4.76. The number of pyridine rings is 1. The second kappa shape index (κ2) is 7.56. The largest absolute Gasteiger partial charge is 0.493 e. The van der Waals surface area contributed by atoms with Crippen molar-refractivity contribution in [1.82, 2.24) is 4.98 Å². The van der Waals surface area contributed by atoms with Crippen LogP contribution in [0.1, 0.15) is 5.56 Å². The number of alkyl halides is 3. The Balaban J connectivity index is 2.47. The molecule has 1 heterocycles. The molecular weight excluding hydrogens is 427 g/mol. The molecule has 0 aliphatic carbocycles. The smallest absolute Gasteiger partial charge is 0.417 e. The number of aromatic amines is 1. The van der Waals surface area contributed by atoms with Crippen LogP contribution in [0.2, 0.25) is 0 Å². The molecule has 1 N–H and O–H groups in total. The topological polar surface area (TPSA) is 94.7 Å². The van der Waals surface area contributed by atoms with E-state index in [0.29, 0.717) is 6.26 Å². The summed E-state index contributed by atoms with van der Waals surface area (Å²) < 4.78 is 79.2. The van der Waals surface area contributed by atoms with Crippen LogP contribution in [0.25, 0.3) is 22.2 Å². The molecule has 160 valence electrons. The van der Waals surface area contributed by atoms with E-state index in [1.165, 1.54) is 38.5 Å². The molecule has 0 saturated carbocycles. The molecule has 0 amide bonds. The highest BCUT2D eigenvalue weighted by atomic mass is 32.2. The van der Waals surface area contributed by atoms with Gasteiger partial charge in [-0.25, -0.2) is 0 Å². The van der Waals surface area contributed by atoms with Crippen molar-refractivity contribution in [2.75, 3.05) is 20.5 Å². The first kappa shape index (κ1) is 21.5. The standard InChI is InChI=1S/C19H16F3NO6S/c1-27-14-8-11-13(9-15(14)28-2)23-16(18(17(11)24)29-30(3,25)26)10-6-4-5-7-12(10)19(20,21)22/h4-9H,1-3H3,(H,23,24). The van der Waals surface area contributed by atoms with Gasteiger partial charge >= 0.3 is 16.3 Å². The van der Waals surface area contributed by atoms with Gasteiger partial charge in [-0.3, -0.25) is 4.79 Å². The number of fused-ring (bicyclic) bond motifs is 1. The van der Waals surface area contributed by atoms with Crippen LogP contribution in [0.15, 0.2) is 41.2 Å². The number of hydrogen-bond acceptors (Lipinski definition) is 6. The summed E-state index contributed by atoms with van der Waals surface area (Å²) in [6.07, 6.45) is -4.08. The van der Waals surface area contributed by atoms with Gasteiger partial charge in [0, 0.05) is 11.6 Å². The zero-order valence-electron chi connectivity index (χ0n) is 16.0. The lowest BCUT2D eigenvalue weighted by molar-refractivity contribution is -0.137. The summed E-state index contributed by atoms with van der Waals surface area (Å²) >= 11 is 0. The van der Waals surface area contributed by atoms with Crippen LogP contribution in [0.5, 0.6) is 17.2 Å². The van der Waals surface area contributed by atoms with E-state index in [0.717, 1.165) is 12.1 Å². The number of halogens is 3. The number of H-pyrrole nitrogens is 1. The number of ether oxygens (including phenoxy) is 2. The first-order valence-corrected chi connectivity index (χ1v) is 10.2. The quantitative estimate of drug-likeness (QED) is 0.606. The van der Waals surface area contributed by atoms with E-state index in [1.807, 2.05) is 0 Å². The average Bonchev–Trinajstić information content (AvgIpc) is 2.67. The van der Waals surface area contributed by atoms with Crippen LogP contribution >= 0.6 is 0 Å². The van der Waals surface area contributed by atoms with E-state index < -0.39 is 44.3 Å². The van der Waals surface area contributed by atoms with Crippen molar-refractivity contribution < 1.29 is 35.2 Å². The Morgan fingerprint density at radius 1 is 1.00 bits per heavy atom. The third-order valence-corrected chi connectivity index (χ3v) is 4.67. The lowest BCUT2D eigenvalue weighted by Gasteiger charge is -2.17. The Morgan fingerprint density at radius 3 is 2.17 bits per heavy atom. The Labute approximate surface area is 169 Å². The van der Waals surface area contributed by atoms with E-state index in [-0.39, 0.29) is 22.4 Å². The molecule has 0 bridgehead atoms. The number of methoxy groups -OCH3 is 2. The van der Waals surface area contributed by atoms with Crippen LogP contribution in [0.4, 0.5) is 13.2 Å². The van der Waals surface area contributed by atoms with E-state index in [4.69, 9.17) is 13.7 Å². The minimum absolute atomic E-state index is 0.0560. The molecule has 30 heavy (non-hydrogen) atoms. The highest BCUT2D eigenvalue weighted by Crippen LogP contribution is 2.40. The van der Waals surface area contributed by atoms with Gasteiger partial charge in [-0.1, -0.05) is 18.2 Å². The summed E-state index contributed by atoms with van der Waals surface area (Å²) in [5.74, 6) is -0.398. The maximum absolute atomic E-state index is 13.5. The number of hydrogen-bond donors (Lipinski definition) is 1. The SMILES string of the molecule is COc1cc2[nH]c(-c3ccccc3C(F)(F)F)c(OS(C)(=O)=O)c(=O)c2cc1OC. The first-order chi connectivity index (χ1) is 14.0. The van der Waals surface area contributed by atoms with Gasteiger partial charge in [-0.2, -0.15) is 21.6 Å². The summed E-state index contributed by atoms with van der Waals surface area (Å²) in [5, 5.41) is -0.0560. The van der Waals surface area contributed by atoms with Crippen molar-refractivity contribution >= 4 is 21.0 Å². The fourth-order valence-corrected chi connectivity index (χ4v) is 3.43. The monoisotopic (exact) mass is 443 g/mol. The lowest BCUT2D eigenvalue weighted by atomic mass is 10.0. The van der Waals surface area contributed by atoms with Gasteiger partial charge in [0.05, 0.1) is 42.6 Å². The Kier molecular flexibility index (Phi) is 5.42. The molecule has 1 aromatic heterocycles. The fraction of sp³-hybridized carbons (Fsp3) is 0.211. The maximum Gasteiger partial charge on any atom is 0.417 e. The van der Waals surface area contributed by atoms with Crippen molar-refractivity contribution in [3.8, 4) is 28.5 Å². The molecule has 2 aromatic carbocycles. The minimum Gasteiger partial charge on any atom is -0.493 e. The summed E-state index contributed by atoms with van der Waals surface area (Å²) in [6, 6.07) is 7.07. The number of benzene rings is 2. The van der Waals surface area contributed by atoms with Crippen LogP contribution < -0.4 is 19.1 Å². The second-order valence-corrected chi connectivity index (χ2v) is 7.82. The second-order valence-electron chi connectivity index (χ2n) is 6.24. The number of aromatic nitrogens is 1. The van der Waals surface area contributed by atoms with Crippen LogP contribution in [-0.2, 0) is 16.3 Å². The van der Waals surface area contributed by atoms with Crippen molar-refractivity contribution in [3.63, 3.8) is 0 Å². The summed E-state index contributed by atoms with van der Waals surface area (Å²) in [5.41, 5.74) is -2.78. The molecule has 11 heteroatoms. The predicted molar refractivity (Wildman–Crippen MR) is 104 cm³/mol. The lowest BCUT2D eigenvalue weighted by Crippen LogP contribution is -2.17. The molecule has 3 aromatic rings. The molecule has 0 fully saturated rings. The fourth-order valence-electron chi connectivity index (χ4n) is 2.97. The average molecular weight is 443 g/mol. The van der Waals surface area contributed by atoms with Crippen molar-refractivity contribution in [2.24, 2.45) is 0 Å². The van der Waals surface area contributed by atoms with E-state index in [9.17, 15) is 26.4 Å². The van der Waals surface area contributed by atoms with Crippen molar-refractivity contribution in [2.45, 2.75) is 6.18 Å². The number of rotatable bonds is 5. The van der Waals surface area contributed by atoms with Crippen LogP contribution in [0, 0.1) is 0 Å². The van der Waals surface area contributed by atoms with E-state index >= 15 is 0 Å². The summed E-state index contributed by atoms with van der Waals surface area (Å²) in [7, 11) is -1.55. The number of nitrogens with one attached hydrogen (secondary N) is 1. The Bertz CT molecular complexity index is 1280. The molecular formula is C19H16F3NO6S. The Morgan fingerprint density at radius 2 is 1.60 bits per heavy atom. The van der Waals surface area contributed by atoms with Crippen LogP contribution in [-0.4, -0.2) is 33.9 Å². The third kappa shape index (κ3) is 4.06. The first-order valence-electron chi connectivity index (χ1n) is 8.34.